The Bertz CT molecular complexity index is 1370. The van der Waals surface area contributed by atoms with Gasteiger partial charge in [-0.25, -0.2) is 4.99 Å². The van der Waals surface area contributed by atoms with Gasteiger partial charge in [0.2, 0.25) is 5.91 Å². The van der Waals surface area contributed by atoms with E-state index in [1.165, 1.54) is 23.1 Å². The molecule has 1 aliphatic heterocycles. The summed E-state index contributed by atoms with van der Waals surface area (Å²) in [4.78, 5) is 31.6. The number of ketones is 1. The number of carbonyl (C=O) groups excluding carboxylic acids is 2. The Morgan fingerprint density at radius 1 is 1.11 bits per heavy atom. The van der Waals surface area contributed by atoms with Gasteiger partial charge in [-0.2, -0.15) is 5.26 Å². The van der Waals surface area contributed by atoms with E-state index in [0.29, 0.717) is 32.6 Å². The minimum Gasteiger partial charge on any atom is -0.497 e. The van der Waals surface area contributed by atoms with Crippen LogP contribution in [0, 0.1) is 24.2 Å². The summed E-state index contributed by atoms with van der Waals surface area (Å²) in [5.74, 6) is -0.662. The van der Waals surface area contributed by atoms with Gasteiger partial charge in [0.25, 0.3) is 0 Å². The first kappa shape index (κ1) is 25.4. The Morgan fingerprint density at radius 2 is 1.86 bits per heavy atom. The van der Waals surface area contributed by atoms with Crippen molar-refractivity contribution < 1.29 is 14.3 Å². The van der Waals surface area contributed by atoms with Crippen molar-refractivity contribution in [1.82, 2.24) is 0 Å². The van der Waals surface area contributed by atoms with Gasteiger partial charge < -0.3 is 10.1 Å². The van der Waals surface area contributed by atoms with Crippen molar-refractivity contribution in [2.24, 2.45) is 10.9 Å². The summed E-state index contributed by atoms with van der Waals surface area (Å²) < 4.78 is 5.30. The third-order valence-electron chi connectivity index (χ3n) is 6.02. The van der Waals surface area contributed by atoms with Gasteiger partial charge in [0.15, 0.2) is 5.78 Å². The van der Waals surface area contributed by atoms with Crippen LogP contribution in [-0.2, 0) is 4.79 Å². The van der Waals surface area contributed by atoms with E-state index < -0.39 is 11.8 Å². The Labute approximate surface area is 218 Å². The summed E-state index contributed by atoms with van der Waals surface area (Å²) in [5.41, 5.74) is 3.42. The number of nitrogens with zero attached hydrogens (tertiary/aromatic N) is 2. The number of nitriles is 1. The highest BCUT2D eigenvalue weighted by atomic mass is 32.2. The second-order valence-electron chi connectivity index (χ2n) is 8.31. The normalized spacial score (nSPS) is 17.2. The Kier molecular flexibility index (Phi) is 8.04. The van der Waals surface area contributed by atoms with Crippen molar-refractivity contribution in [2.75, 3.05) is 18.2 Å². The van der Waals surface area contributed by atoms with E-state index in [0.717, 1.165) is 11.1 Å². The Hall–Kier alpha value is -3.67. The lowest BCUT2D eigenvalue weighted by atomic mass is 9.76. The fourth-order valence-corrected chi connectivity index (χ4v) is 5.85. The average Bonchev–Trinajstić information content (AvgIpc) is 3.43. The minimum absolute atomic E-state index is 0.0203. The first-order valence-electron chi connectivity index (χ1n) is 11.3. The summed E-state index contributed by atoms with van der Waals surface area (Å²) in [5, 5.41) is 15.6. The average molecular weight is 516 g/mol. The standard InChI is InChI=1S/C28H25N3O3S2/c1-17-7-4-5-8-22(17)31-27(33)25-18(2)30-28(36-16-23(32)24-9-6-14-35-24)21(15-29)26(25)19-10-12-20(34-3)13-11-19/h4-14,25-26H,16H2,1-3H3,(H,31,33)/t25?,26-/m1/s1. The maximum Gasteiger partial charge on any atom is 0.234 e. The van der Waals surface area contributed by atoms with E-state index in [1.807, 2.05) is 66.9 Å². The molecular weight excluding hydrogens is 490 g/mol. The number of hydrogen-bond donors (Lipinski definition) is 1. The second-order valence-corrected chi connectivity index (χ2v) is 10.2. The molecule has 1 amide bonds. The SMILES string of the molecule is COc1ccc([C@@H]2C(C#N)=C(SCC(=O)c3cccs3)N=C(C)C2C(=O)Nc2ccccc2C)cc1. The van der Waals surface area contributed by atoms with E-state index in [4.69, 9.17) is 4.74 Å². The van der Waals surface area contributed by atoms with Crippen molar-refractivity contribution in [3.63, 3.8) is 0 Å². The fourth-order valence-electron chi connectivity index (χ4n) is 4.14. The van der Waals surface area contributed by atoms with Crippen LogP contribution in [-0.4, -0.2) is 30.3 Å². The molecule has 0 fully saturated rings. The smallest absolute Gasteiger partial charge is 0.234 e. The van der Waals surface area contributed by atoms with Gasteiger partial charge in [-0.3, -0.25) is 9.59 Å². The summed E-state index contributed by atoms with van der Waals surface area (Å²) in [6.45, 7) is 3.73. The van der Waals surface area contributed by atoms with Crippen LogP contribution in [0.4, 0.5) is 5.69 Å². The first-order chi connectivity index (χ1) is 17.4. The quantitative estimate of drug-likeness (QED) is 0.359. The number of carbonyl (C=O) groups is 2. The molecule has 3 aromatic rings. The van der Waals surface area contributed by atoms with Crippen molar-refractivity contribution in [3.8, 4) is 11.8 Å². The molecule has 1 aromatic heterocycles. The molecule has 0 spiro atoms. The largest absolute Gasteiger partial charge is 0.497 e. The van der Waals surface area contributed by atoms with Gasteiger partial charge >= 0.3 is 0 Å². The van der Waals surface area contributed by atoms with Gasteiger partial charge in [-0.05, 0) is 54.6 Å². The molecule has 0 aliphatic carbocycles. The van der Waals surface area contributed by atoms with Crippen LogP contribution in [0.5, 0.6) is 5.75 Å². The van der Waals surface area contributed by atoms with Crippen LogP contribution in [0.15, 0.2) is 81.6 Å². The van der Waals surface area contributed by atoms with Crippen molar-refractivity contribution in [3.05, 3.63) is 92.6 Å². The third kappa shape index (κ3) is 5.43. The second kappa shape index (κ2) is 11.4. The van der Waals surface area contributed by atoms with Crippen LogP contribution in [0.3, 0.4) is 0 Å². The number of ether oxygens (including phenoxy) is 1. The number of para-hydroxylation sites is 1. The zero-order chi connectivity index (χ0) is 25.7. The van der Waals surface area contributed by atoms with Crippen LogP contribution >= 0.6 is 23.1 Å². The van der Waals surface area contributed by atoms with Crippen LogP contribution < -0.4 is 10.1 Å². The molecule has 182 valence electrons. The predicted octanol–water partition coefficient (Wildman–Crippen LogP) is 6.23. The van der Waals surface area contributed by atoms with Gasteiger partial charge in [0.1, 0.15) is 10.8 Å². The highest BCUT2D eigenvalue weighted by Crippen LogP contribution is 2.43. The molecule has 1 N–H and O–H groups in total. The monoisotopic (exact) mass is 515 g/mol. The minimum atomic E-state index is -0.690. The Morgan fingerprint density at radius 3 is 2.50 bits per heavy atom. The molecule has 0 radical (unpaired) electrons. The molecule has 0 saturated heterocycles. The molecule has 2 heterocycles. The van der Waals surface area contributed by atoms with Crippen molar-refractivity contribution in [1.29, 1.82) is 5.26 Å². The molecular formula is C28H25N3O3S2. The molecule has 0 saturated carbocycles. The number of hydrogen-bond acceptors (Lipinski definition) is 7. The maximum atomic E-state index is 13.6. The number of Topliss-reactive ketones (excluding diaryl/α,β-unsaturated/α-hetero) is 1. The summed E-state index contributed by atoms with van der Waals surface area (Å²) >= 11 is 2.62. The highest BCUT2D eigenvalue weighted by molar-refractivity contribution is 8.03. The summed E-state index contributed by atoms with van der Waals surface area (Å²) in [6, 6.07) is 20.8. The molecule has 8 heteroatoms. The molecule has 1 aliphatic rings. The Balaban J connectivity index is 1.71. The number of nitrogens with one attached hydrogen (secondary N) is 1. The maximum absolute atomic E-state index is 13.6. The number of aryl methyl sites for hydroxylation is 1. The number of thiophene rings is 1. The van der Waals surface area contributed by atoms with Crippen LogP contribution in [0.2, 0.25) is 0 Å². The molecule has 36 heavy (non-hydrogen) atoms. The van der Waals surface area contributed by atoms with Gasteiger partial charge in [-0.15, -0.1) is 11.3 Å². The van der Waals surface area contributed by atoms with E-state index in [1.54, 1.807) is 20.1 Å². The number of thioether (sulfide) groups is 1. The molecule has 2 aromatic carbocycles. The van der Waals surface area contributed by atoms with E-state index >= 15 is 0 Å². The van der Waals surface area contributed by atoms with Crippen molar-refractivity contribution >= 4 is 46.2 Å². The highest BCUT2D eigenvalue weighted by Gasteiger charge is 2.39. The molecule has 1 unspecified atom stereocenters. The summed E-state index contributed by atoms with van der Waals surface area (Å²) in [6.07, 6.45) is 0. The number of allylic oxidation sites excluding steroid dienone is 1. The first-order valence-corrected chi connectivity index (χ1v) is 13.2. The van der Waals surface area contributed by atoms with Crippen LogP contribution in [0.25, 0.3) is 0 Å². The summed E-state index contributed by atoms with van der Waals surface area (Å²) in [7, 11) is 1.59. The zero-order valence-corrected chi connectivity index (χ0v) is 21.8. The number of methoxy groups -OCH3 is 1. The zero-order valence-electron chi connectivity index (χ0n) is 20.1. The number of benzene rings is 2. The third-order valence-corrected chi connectivity index (χ3v) is 7.92. The lowest BCUT2D eigenvalue weighted by Crippen LogP contribution is -2.36. The van der Waals surface area contributed by atoms with Crippen LogP contribution in [0.1, 0.15) is 33.6 Å². The molecule has 0 bridgehead atoms. The number of aliphatic imine (C=N–C) groups is 1. The number of amides is 1. The van der Waals surface area contributed by atoms with Gasteiger partial charge in [0.05, 0.1) is 35.3 Å². The lowest BCUT2D eigenvalue weighted by Gasteiger charge is -2.31. The van der Waals surface area contributed by atoms with E-state index in [-0.39, 0.29) is 17.4 Å². The van der Waals surface area contributed by atoms with E-state index in [9.17, 15) is 14.9 Å². The molecule has 4 rings (SSSR count). The fraction of sp³-hybridized carbons (Fsp3) is 0.214. The van der Waals surface area contributed by atoms with Gasteiger partial charge in [-0.1, -0.05) is 48.2 Å². The number of anilines is 1. The predicted molar refractivity (Wildman–Crippen MR) is 146 cm³/mol. The number of rotatable bonds is 8. The van der Waals surface area contributed by atoms with E-state index in [2.05, 4.69) is 16.4 Å². The lowest BCUT2D eigenvalue weighted by molar-refractivity contribution is -0.118. The molecule has 6 nitrogen and oxygen atoms in total. The molecule has 2 atom stereocenters. The van der Waals surface area contributed by atoms with Gasteiger partial charge in [0, 0.05) is 17.3 Å². The van der Waals surface area contributed by atoms with Crippen molar-refractivity contribution in [2.45, 2.75) is 19.8 Å². The topological polar surface area (TPSA) is 91.5 Å².